The lowest BCUT2D eigenvalue weighted by atomic mass is 9.98. The molecule has 1 aliphatic heterocycles. The van der Waals surface area contributed by atoms with Crippen molar-refractivity contribution in [1.82, 2.24) is 10.6 Å². The van der Waals surface area contributed by atoms with Crippen LogP contribution < -0.4 is 10.6 Å². The van der Waals surface area contributed by atoms with Gasteiger partial charge in [-0.1, -0.05) is 0 Å². The van der Waals surface area contributed by atoms with Crippen molar-refractivity contribution in [2.75, 3.05) is 32.8 Å². The second kappa shape index (κ2) is 5.58. The van der Waals surface area contributed by atoms with Crippen LogP contribution in [-0.2, 0) is 0 Å². The van der Waals surface area contributed by atoms with E-state index in [-0.39, 0.29) is 0 Å². The van der Waals surface area contributed by atoms with Gasteiger partial charge in [-0.3, -0.25) is 0 Å². The van der Waals surface area contributed by atoms with Gasteiger partial charge in [0.25, 0.3) is 5.92 Å². The quantitative estimate of drug-likeness (QED) is 0.605. The predicted octanol–water partition coefficient (Wildman–Crippen LogP) is 0.203. The molecular weight excluding hydrogens is 190 g/mol. The van der Waals surface area contributed by atoms with Gasteiger partial charge in [-0.05, 0) is 38.4 Å². The Morgan fingerprint density at radius 1 is 1.36 bits per heavy atom. The molecule has 3 nitrogen and oxygen atoms in total. The van der Waals surface area contributed by atoms with Crippen LogP contribution in [0, 0.1) is 5.92 Å². The van der Waals surface area contributed by atoms with Gasteiger partial charge < -0.3 is 15.7 Å². The van der Waals surface area contributed by atoms with Crippen LogP contribution in [0.25, 0.3) is 0 Å². The third kappa shape index (κ3) is 4.30. The van der Waals surface area contributed by atoms with Gasteiger partial charge in [0, 0.05) is 0 Å². The van der Waals surface area contributed by atoms with E-state index in [4.69, 9.17) is 5.11 Å². The predicted molar refractivity (Wildman–Crippen MR) is 50.5 cm³/mol. The summed E-state index contributed by atoms with van der Waals surface area (Å²) in [5.41, 5.74) is 0. The van der Waals surface area contributed by atoms with E-state index in [0.29, 0.717) is 12.5 Å². The number of rotatable bonds is 5. The Hall–Kier alpha value is -0.260. The average molecular weight is 208 g/mol. The first-order valence-electron chi connectivity index (χ1n) is 5.04. The van der Waals surface area contributed by atoms with Crippen LogP contribution in [0.15, 0.2) is 0 Å². The average Bonchev–Trinajstić information content (AvgIpc) is 2.19. The number of piperidine rings is 1. The molecule has 1 fully saturated rings. The van der Waals surface area contributed by atoms with Crippen LogP contribution >= 0.6 is 0 Å². The zero-order valence-electron chi connectivity index (χ0n) is 8.23. The normalized spacial score (nSPS) is 19.9. The van der Waals surface area contributed by atoms with E-state index in [1.807, 2.05) is 0 Å². The fourth-order valence-electron chi connectivity index (χ4n) is 1.60. The summed E-state index contributed by atoms with van der Waals surface area (Å²) in [5, 5.41) is 14.3. The SMILES string of the molecule is OCC(F)(F)CNCC1CCNCC1. The van der Waals surface area contributed by atoms with E-state index >= 15 is 0 Å². The van der Waals surface area contributed by atoms with Gasteiger partial charge in [0.05, 0.1) is 6.54 Å². The largest absolute Gasteiger partial charge is 0.390 e. The van der Waals surface area contributed by atoms with Gasteiger partial charge in [-0.2, -0.15) is 0 Å². The van der Waals surface area contributed by atoms with Crippen LogP contribution in [0.1, 0.15) is 12.8 Å². The number of hydrogen-bond donors (Lipinski definition) is 3. The first-order valence-corrected chi connectivity index (χ1v) is 5.04. The highest BCUT2D eigenvalue weighted by atomic mass is 19.3. The number of nitrogens with one attached hydrogen (secondary N) is 2. The van der Waals surface area contributed by atoms with Gasteiger partial charge in [0.1, 0.15) is 6.61 Å². The topological polar surface area (TPSA) is 44.3 Å². The van der Waals surface area contributed by atoms with Crippen molar-refractivity contribution in [3.63, 3.8) is 0 Å². The molecule has 0 aromatic rings. The summed E-state index contributed by atoms with van der Waals surface area (Å²) >= 11 is 0. The molecule has 0 atom stereocenters. The third-order valence-corrected chi connectivity index (χ3v) is 2.51. The molecule has 1 heterocycles. The first-order chi connectivity index (χ1) is 6.64. The van der Waals surface area contributed by atoms with Crippen molar-refractivity contribution in [3.8, 4) is 0 Å². The lowest BCUT2D eigenvalue weighted by molar-refractivity contribution is -0.0480. The molecule has 84 valence electrons. The molecule has 0 aromatic carbocycles. The van der Waals surface area contributed by atoms with Gasteiger partial charge in [-0.15, -0.1) is 0 Å². The van der Waals surface area contributed by atoms with Crippen molar-refractivity contribution in [1.29, 1.82) is 0 Å². The molecule has 0 aliphatic carbocycles. The van der Waals surface area contributed by atoms with Gasteiger partial charge >= 0.3 is 0 Å². The van der Waals surface area contributed by atoms with Gasteiger partial charge in [-0.25, -0.2) is 8.78 Å². The number of aliphatic hydroxyl groups is 1. The van der Waals surface area contributed by atoms with E-state index in [1.54, 1.807) is 0 Å². The second-order valence-corrected chi connectivity index (χ2v) is 3.84. The fourth-order valence-corrected chi connectivity index (χ4v) is 1.60. The minimum atomic E-state index is -2.98. The Kier molecular flexibility index (Phi) is 4.71. The van der Waals surface area contributed by atoms with Crippen molar-refractivity contribution in [2.24, 2.45) is 5.92 Å². The minimum Gasteiger partial charge on any atom is -0.390 e. The van der Waals surface area contributed by atoms with Crippen LogP contribution in [0.5, 0.6) is 0 Å². The Bertz CT molecular complexity index is 161. The van der Waals surface area contributed by atoms with Crippen molar-refractivity contribution >= 4 is 0 Å². The van der Waals surface area contributed by atoms with E-state index in [0.717, 1.165) is 25.9 Å². The molecule has 0 amide bonds. The lowest BCUT2D eigenvalue weighted by Gasteiger charge is -2.23. The second-order valence-electron chi connectivity index (χ2n) is 3.84. The van der Waals surface area contributed by atoms with E-state index in [9.17, 15) is 8.78 Å². The maximum atomic E-state index is 12.6. The first kappa shape index (κ1) is 11.8. The fraction of sp³-hybridized carbons (Fsp3) is 1.00. The molecule has 5 heteroatoms. The molecule has 3 N–H and O–H groups in total. The summed E-state index contributed by atoms with van der Waals surface area (Å²) in [4.78, 5) is 0. The summed E-state index contributed by atoms with van der Waals surface area (Å²) in [6.07, 6.45) is 2.08. The standard InChI is InChI=1S/C9H18F2N2O/c10-9(11,7-14)6-13-5-8-1-3-12-4-2-8/h8,12-14H,1-7H2. The van der Waals surface area contributed by atoms with Crippen molar-refractivity contribution in [3.05, 3.63) is 0 Å². The Labute approximate surface area is 82.9 Å². The molecule has 0 unspecified atom stereocenters. The number of alkyl halides is 2. The zero-order valence-corrected chi connectivity index (χ0v) is 8.23. The maximum absolute atomic E-state index is 12.6. The van der Waals surface area contributed by atoms with Crippen molar-refractivity contribution in [2.45, 2.75) is 18.8 Å². The number of aliphatic hydroxyl groups excluding tert-OH is 1. The molecule has 0 saturated carbocycles. The number of hydrogen-bond acceptors (Lipinski definition) is 3. The smallest absolute Gasteiger partial charge is 0.282 e. The molecule has 14 heavy (non-hydrogen) atoms. The molecule has 0 spiro atoms. The molecule has 0 bridgehead atoms. The van der Waals surface area contributed by atoms with E-state index in [2.05, 4.69) is 10.6 Å². The van der Waals surface area contributed by atoms with Gasteiger partial charge in [0.2, 0.25) is 0 Å². The monoisotopic (exact) mass is 208 g/mol. The summed E-state index contributed by atoms with van der Waals surface area (Å²) in [5.74, 6) is -2.49. The van der Waals surface area contributed by atoms with Crippen LogP contribution in [-0.4, -0.2) is 43.8 Å². The Balaban J connectivity index is 2.08. The van der Waals surface area contributed by atoms with Crippen LogP contribution in [0.4, 0.5) is 8.78 Å². The summed E-state index contributed by atoms with van der Waals surface area (Å²) in [6, 6.07) is 0. The highest BCUT2D eigenvalue weighted by Gasteiger charge is 2.27. The molecule has 1 rings (SSSR count). The minimum absolute atomic E-state index is 0.423. The molecule has 0 aromatic heterocycles. The van der Waals surface area contributed by atoms with Gasteiger partial charge in [0.15, 0.2) is 0 Å². The van der Waals surface area contributed by atoms with E-state index in [1.165, 1.54) is 0 Å². The highest BCUT2D eigenvalue weighted by Crippen LogP contribution is 2.12. The maximum Gasteiger partial charge on any atom is 0.282 e. The third-order valence-electron chi connectivity index (χ3n) is 2.51. The molecule has 0 radical (unpaired) electrons. The van der Waals surface area contributed by atoms with Crippen LogP contribution in [0.2, 0.25) is 0 Å². The summed E-state index contributed by atoms with van der Waals surface area (Å²) in [6.45, 7) is 1.07. The molecule has 1 saturated heterocycles. The van der Waals surface area contributed by atoms with Crippen LogP contribution in [0.3, 0.4) is 0 Å². The Morgan fingerprint density at radius 3 is 2.57 bits per heavy atom. The molecule has 1 aliphatic rings. The summed E-state index contributed by atoms with van der Waals surface area (Å²) < 4.78 is 25.2. The Morgan fingerprint density at radius 2 is 2.00 bits per heavy atom. The highest BCUT2D eigenvalue weighted by molar-refractivity contribution is 4.73. The zero-order chi connectivity index (χ0) is 10.4. The lowest BCUT2D eigenvalue weighted by Crippen LogP contribution is -2.40. The van der Waals surface area contributed by atoms with Crippen molar-refractivity contribution < 1.29 is 13.9 Å². The number of halogens is 2. The molecular formula is C9H18F2N2O. The summed E-state index contributed by atoms with van der Waals surface area (Å²) in [7, 11) is 0. The van der Waals surface area contributed by atoms with E-state index < -0.39 is 19.1 Å².